The van der Waals surface area contributed by atoms with Crippen molar-refractivity contribution < 1.29 is 14.1 Å². The molecule has 3 heterocycles. The highest BCUT2D eigenvalue weighted by molar-refractivity contribution is 5.94. The van der Waals surface area contributed by atoms with Crippen molar-refractivity contribution in [3.8, 4) is 0 Å². The summed E-state index contributed by atoms with van der Waals surface area (Å²) >= 11 is 0. The number of hydrogen-bond acceptors (Lipinski definition) is 6. The van der Waals surface area contributed by atoms with E-state index in [1.54, 1.807) is 11.8 Å². The van der Waals surface area contributed by atoms with Gasteiger partial charge in [0.05, 0.1) is 0 Å². The lowest BCUT2D eigenvalue weighted by molar-refractivity contribution is -0.132. The van der Waals surface area contributed by atoms with Crippen molar-refractivity contribution in [1.29, 1.82) is 0 Å². The average Bonchev–Trinajstić information content (AvgIpc) is 3.09. The van der Waals surface area contributed by atoms with Gasteiger partial charge in [-0.15, -0.1) is 0 Å². The number of carbonyl (C=O) groups is 2. The van der Waals surface area contributed by atoms with Gasteiger partial charge in [0.15, 0.2) is 5.82 Å². The minimum atomic E-state index is -0.338. The molecule has 0 aliphatic carbocycles. The van der Waals surface area contributed by atoms with Gasteiger partial charge in [0.25, 0.3) is 5.91 Å². The Morgan fingerprint density at radius 1 is 1.03 bits per heavy atom. The van der Waals surface area contributed by atoms with E-state index in [0.717, 1.165) is 25.9 Å². The second-order valence-electron chi connectivity index (χ2n) is 8.68. The van der Waals surface area contributed by atoms with Crippen molar-refractivity contribution in [3.63, 3.8) is 0 Å². The first-order chi connectivity index (χ1) is 15.0. The summed E-state index contributed by atoms with van der Waals surface area (Å²) in [7, 11) is 2.13. The van der Waals surface area contributed by atoms with Crippen molar-refractivity contribution in [2.24, 2.45) is 5.92 Å². The van der Waals surface area contributed by atoms with Gasteiger partial charge in [0, 0.05) is 31.6 Å². The van der Waals surface area contributed by atoms with Crippen LogP contribution >= 0.6 is 0 Å². The van der Waals surface area contributed by atoms with E-state index in [4.69, 9.17) is 4.52 Å². The Hall–Kier alpha value is -2.74. The maximum absolute atomic E-state index is 13.3. The van der Waals surface area contributed by atoms with E-state index in [0.29, 0.717) is 55.7 Å². The molecule has 2 amide bonds. The lowest BCUT2D eigenvalue weighted by atomic mass is 9.93. The number of piperidine rings is 1. The van der Waals surface area contributed by atoms with Gasteiger partial charge in [0.1, 0.15) is 6.04 Å². The van der Waals surface area contributed by atoms with Crippen LogP contribution in [0, 0.1) is 12.8 Å². The molecule has 2 aromatic rings. The number of carbonyl (C=O) groups excluding carboxylic acids is 2. The van der Waals surface area contributed by atoms with E-state index in [1.165, 1.54) is 0 Å². The van der Waals surface area contributed by atoms with E-state index in [1.807, 2.05) is 35.2 Å². The van der Waals surface area contributed by atoms with Crippen LogP contribution in [0.25, 0.3) is 0 Å². The zero-order chi connectivity index (χ0) is 21.8. The SMILES string of the molecule is Cc1noc(C2CCN(C(=O)CC3CCN(C)CC3)CCN2C(=O)c2ccccc2)n1. The molecule has 1 aromatic carbocycles. The average molecular weight is 426 g/mol. The van der Waals surface area contributed by atoms with E-state index >= 15 is 0 Å². The Morgan fingerprint density at radius 3 is 2.45 bits per heavy atom. The molecular formula is C23H31N5O3. The van der Waals surface area contributed by atoms with E-state index in [2.05, 4.69) is 22.1 Å². The van der Waals surface area contributed by atoms with E-state index in [-0.39, 0.29) is 17.9 Å². The summed E-state index contributed by atoms with van der Waals surface area (Å²) in [5.74, 6) is 1.53. The van der Waals surface area contributed by atoms with Gasteiger partial charge in [-0.05, 0) is 64.4 Å². The molecule has 1 atom stereocenters. The van der Waals surface area contributed by atoms with Gasteiger partial charge in [-0.1, -0.05) is 23.4 Å². The topological polar surface area (TPSA) is 82.8 Å². The molecule has 0 bridgehead atoms. The summed E-state index contributed by atoms with van der Waals surface area (Å²) in [6, 6.07) is 8.89. The van der Waals surface area contributed by atoms with Crippen LogP contribution in [0.4, 0.5) is 0 Å². The van der Waals surface area contributed by atoms with Crippen LogP contribution in [-0.4, -0.2) is 76.4 Å². The molecule has 31 heavy (non-hydrogen) atoms. The van der Waals surface area contributed by atoms with Gasteiger partial charge in [-0.3, -0.25) is 9.59 Å². The Morgan fingerprint density at radius 2 is 1.77 bits per heavy atom. The third-order valence-electron chi connectivity index (χ3n) is 6.42. The summed E-state index contributed by atoms with van der Waals surface area (Å²) in [5, 5.41) is 3.92. The van der Waals surface area contributed by atoms with Gasteiger partial charge in [-0.2, -0.15) is 4.98 Å². The monoisotopic (exact) mass is 425 g/mol. The fourth-order valence-electron chi connectivity index (χ4n) is 4.52. The van der Waals surface area contributed by atoms with Crippen LogP contribution in [0.3, 0.4) is 0 Å². The lowest BCUT2D eigenvalue weighted by Gasteiger charge is -2.30. The van der Waals surface area contributed by atoms with E-state index < -0.39 is 0 Å². The number of rotatable bonds is 4. The quantitative estimate of drug-likeness (QED) is 0.749. The predicted octanol–water partition coefficient (Wildman–Crippen LogP) is 2.53. The molecule has 166 valence electrons. The Labute approximate surface area is 183 Å². The minimum Gasteiger partial charge on any atom is -0.341 e. The van der Waals surface area contributed by atoms with Crippen LogP contribution in [-0.2, 0) is 4.79 Å². The number of aryl methyl sites for hydroxylation is 1. The number of amides is 2. The van der Waals surface area contributed by atoms with Crippen LogP contribution in [0.15, 0.2) is 34.9 Å². The van der Waals surface area contributed by atoms with Gasteiger partial charge in [0.2, 0.25) is 11.8 Å². The first-order valence-electron chi connectivity index (χ1n) is 11.1. The number of aromatic nitrogens is 2. The van der Waals surface area contributed by atoms with Crippen molar-refractivity contribution in [2.75, 3.05) is 39.8 Å². The highest BCUT2D eigenvalue weighted by Crippen LogP contribution is 2.28. The predicted molar refractivity (Wildman–Crippen MR) is 115 cm³/mol. The summed E-state index contributed by atoms with van der Waals surface area (Å²) in [4.78, 5) is 36.7. The second kappa shape index (κ2) is 9.60. The Balaban J connectivity index is 1.48. The minimum absolute atomic E-state index is 0.0777. The molecule has 2 saturated heterocycles. The maximum atomic E-state index is 13.3. The zero-order valence-corrected chi connectivity index (χ0v) is 18.4. The molecule has 0 saturated carbocycles. The van der Waals surface area contributed by atoms with E-state index in [9.17, 15) is 9.59 Å². The molecular weight excluding hydrogens is 394 g/mol. The third-order valence-corrected chi connectivity index (χ3v) is 6.42. The lowest BCUT2D eigenvalue weighted by Crippen LogP contribution is -2.39. The first kappa shape index (κ1) is 21.5. The normalized spacial score (nSPS) is 21.2. The molecule has 8 nitrogen and oxygen atoms in total. The summed E-state index contributed by atoms with van der Waals surface area (Å²) in [6.07, 6.45) is 3.31. The number of likely N-dealkylation sites (tertiary alicyclic amines) is 1. The van der Waals surface area contributed by atoms with Gasteiger partial charge in [-0.25, -0.2) is 0 Å². The smallest absolute Gasteiger partial charge is 0.254 e. The van der Waals surface area contributed by atoms with Crippen molar-refractivity contribution >= 4 is 11.8 Å². The molecule has 4 rings (SSSR count). The number of nitrogens with zero attached hydrogens (tertiary/aromatic N) is 5. The fraction of sp³-hybridized carbons (Fsp3) is 0.565. The molecule has 2 aliphatic heterocycles. The van der Waals surface area contributed by atoms with Crippen molar-refractivity contribution in [1.82, 2.24) is 24.8 Å². The number of hydrogen-bond donors (Lipinski definition) is 0. The van der Waals surface area contributed by atoms with Crippen molar-refractivity contribution in [3.05, 3.63) is 47.6 Å². The second-order valence-corrected chi connectivity index (χ2v) is 8.68. The third kappa shape index (κ3) is 5.12. The molecule has 0 N–H and O–H groups in total. The summed E-state index contributed by atoms with van der Waals surface area (Å²) < 4.78 is 5.44. The molecule has 1 unspecified atom stereocenters. The molecule has 2 fully saturated rings. The Bertz CT molecular complexity index is 892. The zero-order valence-electron chi connectivity index (χ0n) is 18.4. The van der Waals surface area contributed by atoms with Crippen LogP contribution in [0.5, 0.6) is 0 Å². The van der Waals surface area contributed by atoms with Crippen molar-refractivity contribution in [2.45, 2.75) is 38.6 Å². The highest BCUT2D eigenvalue weighted by Gasteiger charge is 2.34. The number of benzene rings is 1. The first-order valence-corrected chi connectivity index (χ1v) is 11.1. The standard InChI is InChI=1S/C23H31N5O3/c1-17-24-22(31-25-17)20-10-13-27(21(29)16-18-8-11-26(2)12-9-18)14-15-28(20)23(30)19-6-4-3-5-7-19/h3-7,18,20H,8-16H2,1-2H3. The summed E-state index contributed by atoms with van der Waals surface area (Å²) in [5.41, 5.74) is 0.620. The van der Waals surface area contributed by atoms with Crippen LogP contribution in [0.2, 0.25) is 0 Å². The van der Waals surface area contributed by atoms with Crippen LogP contribution < -0.4 is 0 Å². The van der Waals surface area contributed by atoms with Crippen LogP contribution in [0.1, 0.15) is 53.8 Å². The maximum Gasteiger partial charge on any atom is 0.254 e. The van der Waals surface area contributed by atoms with Gasteiger partial charge >= 0.3 is 0 Å². The Kier molecular flexibility index (Phi) is 6.65. The molecule has 0 radical (unpaired) electrons. The molecule has 2 aliphatic rings. The molecule has 0 spiro atoms. The summed E-state index contributed by atoms with van der Waals surface area (Å²) in [6.45, 7) is 5.42. The fourth-order valence-corrected chi connectivity index (χ4v) is 4.52. The largest absolute Gasteiger partial charge is 0.341 e. The van der Waals surface area contributed by atoms with Gasteiger partial charge < -0.3 is 19.2 Å². The highest BCUT2D eigenvalue weighted by atomic mass is 16.5. The molecule has 1 aromatic heterocycles. The molecule has 8 heteroatoms.